The minimum absolute atomic E-state index is 0.0101. The molecule has 4 nitrogen and oxygen atoms in total. The average molecular weight is 199 g/mol. The van der Waals surface area contributed by atoms with E-state index in [0.29, 0.717) is 5.69 Å². The molecule has 0 unspecified atom stereocenters. The number of para-hydroxylation sites is 1. The zero-order valence-electron chi connectivity index (χ0n) is 8.16. The van der Waals surface area contributed by atoms with Crippen molar-refractivity contribution in [2.24, 2.45) is 0 Å². The SMILES string of the molecule is CC(=O)c1[nH]nc2c1[nH]c1ccccc12. The number of benzene rings is 1. The third-order valence-corrected chi connectivity index (χ3v) is 2.56. The molecule has 0 amide bonds. The van der Waals surface area contributed by atoms with Gasteiger partial charge in [-0.1, -0.05) is 18.2 Å². The van der Waals surface area contributed by atoms with Gasteiger partial charge in [-0.2, -0.15) is 5.10 Å². The van der Waals surface area contributed by atoms with Crippen LogP contribution in [0.1, 0.15) is 17.4 Å². The molecule has 0 aliphatic heterocycles. The van der Waals surface area contributed by atoms with Crippen molar-refractivity contribution < 1.29 is 4.79 Å². The molecule has 1 aromatic carbocycles. The van der Waals surface area contributed by atoms with Gasteiger partial charge in [-0.3, -0.25) is 9.89 Å². The van der Waals surface area contributed by atoms with Gasteiger partial charge in [0, 0.05) is 17.8 Å². The van der Waals surface area contributed by atoms with Gasteiger partial charge in [-0.25, -0.2) is 0 Å². The van der Waals surface area contributed by atoms with E-state index in [0.717, 1.165) is 21.9 Å². The van der Waals surface area contributed by atoms with Crippen LogP contribution in [0.2, 0.25) is 0 Å². The summed E-state index contributed by atoms with van der Waals surface area (Å²) in [7, 11) is 0. The van der Waals surface area contributed by atoms with Crippen molar-refractivity contribution in [1.82, 2.24) is 15.2 Å². The highest BCUT2D eigenvalue weighted by Crippen LogP contribution is 2.25. The summed E-state index contributed by atoms with van der Waals surface area (Å²) in [5.74, 6) is -0.0101. The fourth-order valence-electron chi connectivity index (χ4n) is 1.85. The van der Waals surface area contributed by atoms with Gasteiger partial charge in [0.15, 0.2) is 5.78 Å². The quantitative estimate of drug-likeness (QED) is 0.590. The zero-order valence-corrected chi connectivity index (χ0v) is 8.16. The number of aromatic amines is 2. The number of Topliss-reactive ketones (excluding diaryl/α,β-unsaturated/α-hetero) is 1. The lowest BCUT2D eigenvalue weighted by Gasteiger charge is -1.87. The topological polar surface area (TPSA) is 61.5 Å². The molecule has 74 valence electrons. The van der Waals surface area contributed by atoms with Crippen LogP contribution in [0, 0.1) is 0 Å². The van der Waals surface area contributed by atoms with Crippen molar-refractivity contribution in [1.29, 1.82) is 0 Å². The number of carbonyl (C=O) groups is 1. The molecule has 0 aliphatic rings. The summed E-state index contributed by atoms with van der Waals surface area (Å²) in [5, 5.41) is 7.94. The minimum Gasteiger partial charge on any atom is -0.351 e. The number of aromatic nitrogens is 3. The van der Waals surface area contributed by atoms with Crippen molar-refractivity contribution in [3.8, 4) is 0 Å². The molecule has 0 radical (unpaired) electrons. The Morgan fingerprint density at radius 3 is 2.93 bits per heavy atom. The minimum atomic E-state index is -0.0101. The summed E-state index contributed by atoms with van der Waals surface area (Å²) in [6.45, 7) is 1.53. The van der Waals surface area contributed by atoms with Crippen LogP contribution in [0.5, 0.6) is 0 Å². The Morgan fingerprint density at radius 1 is 1.33 bits per heavy atom. The van der Waals surface area contributed by atoms with E-state index in [1.165, 1.54) is 6.92 Å². The van der Waals surface area contributed by atoms with Gasteiger partial charge < -0.3 is 4.98 Å². The zero-order chi connectivity index (χ0) is 10.4. The normalized spacial score (nSPS) is 11.3. The molecule has 2 N–H and O–H groups in total. The first-order valence-electron chi connectivity index (χ1n) is 4.73. The van der Waals surface area contributed by atoms with Crippen LogP contribution < -0.4 is 0 Å². The maximum absolute atomic E-state index is 11.3. The highest BCUT2D eigenvalue weighted by Gasteiger charge is 2.13. The van der Waals surface area contributed by atoms with Crippen LogP contribution in [-0.4, -0.2) is 21.0 Å². The molecule has 0 saturated carbocycles. The summed E-state index contributed by atoms with van der Waals surface area (Å²) in [5.41, 5.74) is 3.17. The van der Waals surface area contributed by atoms with E-state index in [9.17, 15) is 4.79 Å². The lowest BCUT2D eigenvalue weighted by molar-refractivity contribution is 0.101. The fraction of sp³-hybridized carbons (Fsp3) is 0.0909. The number of hydrogen-bond donors (Lipinski definition) is 2. The Balaban J connectivity index is 2.50. The van der Waals surface area contributed by atoms with E-state index >= 15 is 0 Å². The maximum atomic E-state index is 11.3. The largest absolute Gasteiger partial charge is 0.351 e. The molecular formula is C11H9N3O. The van der Waals surface area contributed by atoms with Crippen LogP contribution in [0.4, 0.5) is 0 Å². The Morgan fingerprint density at radius 2 is 2.13 bits per heavy atom. The summed E-state index contributed by atoms with van der Waals surface area (Å²) < 4.78 is 0. The molecule has 0 bridgehead atoms. The highest BCUT2D eigenvalue weighted by atomic mass is 16.1. The lowest BCUT2D eigenvalue weighted by Crippen LogP contribution is -1.92. The van der Waals surface area contributed by atoms with Crippen molar-refractivity contribution in [2.45, 2.75) is 6.92 Å². The van der Waals surface area contributed by atoms with Crippen LogP contribution in [-0.2, 0) is 0 Å². The maximum Gasteiger partial charge on any atom is 0.179 e. The van der Waals surface area contributed by atoms with E-state index in [-0.39, 0.29) is 5.78 Å². The molecule has 2 heterocycles. The molecule has 0 spiro atoms. The Bertz CT molecular complexity index is 663. The number of H-pyrrole nitrogens is 2. The summed E-state index contributed by atoms with van der Waals surface area (Å²) >= 11 is 0. The van der Waals surface area contributed by atoms with Crippen LogP contribution in [0.25, 0.3) is 21.9 Å². The van der Waals surface area contributed by atoms with E-state index in [2.05, 4.69) is 15.2 Å². The third kappa shape index (κ3) is 1.01. The van der Waals surface area contributed by atoms with Crippen molar-refractivity contribution in [3.05, 3.63) is 30.0 Å². The van der Waals surface area contributed by atoms with Gasteiger partial charge in [0.1, 0.15) is 11.2 Å². The smallest absolute Gasteiger partial charge is 0.179 e. The Kier molecular flexibility index (Phi) is 1.48. The summed E-state index contributed by atoms with van der Waals surface area (Å²) in [6.07, 6.45) is 0. The standard InChI is InChI=1S/C11H9N3O/c1-6(15)9-11-10(14-13-9)7-4-2-3-5-8(7)12-11/h2-5,12H,1H3,(H,13,14). The molecule has 0 fully saturated rings. The third-order valence-electron chi connectivity index (χ3n) is 2.56. The van der Waals surface area contributed by atoms with Crippen LogP contribution >= 0.6 is 0 Å². The lowest BCUT2D eigenvalue weighted by atomic mass is 10.2. The molecule has 4 heteroatoms. The average Bonchev–Trinajstić information content (AvgIpc) is 2.74. The molecule has 0 atom stereocenters. The number of carbonyl (C=O) groups excluding carboxylic acids is 1. The number of nitrogens with one attached hydrogen (secondary N) is 2. The van der Waals surface area contributed by atoms with Crippen molar-refractivity contribution in [2.75, 3.05) is 0 Å². The molecule has 0 saturated heterocycles. The van der Waals surface area contributed by atoms with Crippen molar-refractivity contribution in [3.63, 3.8) is 0 Å². The predicted octanol–water partition coefficient (Wildman–Crippen LogP) is 2.25. The number of fused-ring (bicyclic) bond motifs is 3. The second-order valence-electron chi connectivity index (χ2n) is 3.55. The van der Waals surface area contributed by atoms with E-state index < -0.39 is 0 Å². The predicted molar refractivity (Wildman–Crippen MR) is 58.0 cm³/mol. The summed E-state index contributed by atoms with van der Waals surface area (Å²) in [6, 6.07) is 7.87. The first-order valence-corrected chi connectivity index (χ1v) is 4.73. The van der Waals surface area contributed by atoms with Crippen LogP contribution in [0.3, 0.4) is 0 Å². The van der Waals surface area contributed by atoms with Gasteiger partial charge >= 0.3 is 0 Å². The Labute approximate surface area is 85.3 Å². The van der Waals surface area contributed by atoms with Gasteiger partial charge in [-0.05, 0) is 6.07 Å². The van der Waals surface area contributed by atoms with Crippen molar-refractivity contribution >= 4 is 27.7 Å². The molecule has 0 aliphatic carbocycles. The number of nitrogens with zero attached hydrogens (tertiary/aromatic N) is 1. The van der Waals surface area contributed by atoms with E-state index in [1.54, 1.807) is 0 Å². The van der Waals surface area contributed by atoms with Gasteiger partial charge in [0.25, 0.3) is 0 Å². The molecular weight excluding hydrogens is 190 g/mol. The van der Waals surface area contributed by atoms with Gasteiger partial charge in [0.05, 0.1) is 5.52 Å². The highest BCUT2D eigenvalue weighted by molar-refractivity contribution is 6.12. The van der Waals surface area contributed by atoms with Gasteiger partial charge in [-0.15, -0.1) is 0 Å². The Hall–Kier alpha value is -2.10. The molecule has 3 aromatic rings. The summed E-state index contributed by atoms with van der Waals surface area (Å²) in [4.78, 5) is 14.5. The van der Waals surface area contributed by atoms with Gasteiger partial charge in [0.2, 0.25) is 0 Å². The van der Waals surface area contributed by atoms with E-state index in [1.807, 2.05) is 24.3 Å². The fourth-order valence-corrected chi connectivity index (χ4v) is 1.85. The molecule has 15 heavy (non-hydrogen) atoms. The monoisotopic (exact) mass is 199 g/mol. The first kappa shape index (κ1) is 8.23. The molecule has 2 aromatic heterocycles. The van der Waals surface area contributed by atoms with Crippen LogP contribution in [0.15, 0.2) is 24.3 Å². The molecule has 3 rings (SSSR count). The second-order valence-corrected chi connectivity index (χ2v) is 3.55. The van der Waals surface area contributed by atoms with E-state index in [4.69, 9.17) is 0 Å². The number of rotatable bonds is 1. The number of ketones is 1. The number of hydrogen-bond acceptors (Lipinski definition) is 2. The first-order chi connectivity index (χ1) is 7.27. The second kappa shape index (κ2) is 2.70.